The molecule has 0 bridgehead atoms. The molecule has 16 heteroatoms. The second-order valence-corrected chi connectivity index (χ2v) is 24.9. The summed E-state index contributed by atoms with van der Waals surface area (Å²) < 4.78 is 24.9. The second kappa shape index (κ2) is 49.6. The number of nitrogens with zero attached hydrogens (tertiary/aromatic N) is 2. The lowest BCUT2D eigenvalue weighted by Gasteiger charge is -2.25. The first-order valence-corrected chi connectivity index (χ1v) is 32.1. The van der Waals surface area contributed by atoms with Crippen LogP contribution in [0.2, 0.25) is 0 Å². The molecule has 2 unspecified atom stereocenters. The molecular weight excluding hydrogens is 896 g/mol. The lowest BCUT2D eigenvalue weighted by Crippen LogP contribution is -2.36. The molecule has 2 N–H and O–H groups in total. The van der Waals surface area contributed by atoms with Crippen molar-refractivity contribution < 1.29 is 33.2 Å². The summed E-state index contributed by atoms with van der Waals surface area (Å²) in [5, 5.41) is 18.8. The Hall–Kier alpha value is 1.16. The minimum atomic E-state index is -0.503. The van der Waals surface area contributed by atoms with Gasteiger partial charge >= 0.3 is 11.9 Å². The largest absolute Gasteiger partial charge is 0.461 e. The van der Waals surface area contributed by atoms with E-state index in [9.17, 15) is 23.7 Å². The Morgan fingerprint density at radius 3 is 1.27 bits per heavy atom. The standard InChI is InChI=1S/C44H87FN2O6S7/c1-4-7-9-11-13-15-17-19-21-23-36-55-59-57-39-41(6-3)52-43(50)26-30-46(28-25-29-47(32-34-48)33-35-49)31-27-44(51)53-42(38-54-45)40-58-60-56-37-24-22-20-18-16-14-12-10-8-5-2/h41-42,48-49H,4-40H2,1-3H3. The number of hydrogen-bond acceptors (Lipinski definition) is 15. The molecule has 8 nitrogen and oxygen atoms in total. The lowest BCUT2D eigenvalue weighted by atomic mass is 10.1. The van der Waals surface area contributed by atoms with Crippen molar-refractivity contribution in [3.63, 3.8) is 0 Å². The zero-order valence-corrected chi connectivity index (χ0v) is 43.7. The van der Waals surface area contributed by atoms with Gasteiger partial charge in [0.2, 0.25) is 0 Å². The summed E-state index contributed by atoms with van der Waals surface area (Å²) in [4.78, 5) is 30.0. The average Bonchev–Trinajstić information content (AvgIpc) is 3.24. The van der Waals surface area contributed by atoms with E-state index in [1.807, 2.05) is 33.4 Å². The van der Waals surface area contributed by atoms with Gasteiger partial charge in [0, 0.05) is 61.3 Å². The van der Waals surface area contributed by atoms with E-state index in [4.69, 9.17) is 9.47 Å². The highest BCUT2D eigenvalue weighted by Crippen LogP contribution is 2.37. The van der Waals surface area contributed by atoms with Crippen molar-refractivity contribution in [1.82, 2.24) is 9.80 Å². The first-order valence-electron chi connectivity index (χ1n) is 23.5. The van der Waals surface area contributed by atoms with Crippen LogP contribution < -0.4 is 0 Å². The SMILES string of the molecule is CCCCCCCCCCCCSSSCC(CC)OC(=O)CCN(CCCN(CCO)CCO)CCC(=O)OC(CSF)CSSSCCCCCCCCCCCC. The number of carbonyl (C=O) groups is 2. The van der Waals surface area contributed by atoms with Crippen LogP contribution in [-0.2, 0) is 19.1 Å². The summed E-state index contributed by atoms with van der Waals surface area (Å²) in [6.07, 6.45) is 28.0. The Morgan fingerprint density at radius 1 is 0.483 bits per heavy atom. The number of carbonyl (C=O) groups excluding carboxylic acids is 2. The topological polar surface area (TPSA) is 99.5 Å². The molecule has 0 aliphatic carbocycles. The van der Waals surface area contributed by atoms with Crippen LogP contribution in [0.1, 0.15) is 175 Å². The maximum Gasteiger partial charge on any atom is 0.307 e. The van der Waals surface area contributed by atoms with E-state index in [1.54, 1.807) is 41.2 Å². The predicted octanol–water partition coefficient (Wildman–Crippen LogP) is 13.5. The van der Waals surface area contributed by atoms with Crippen molar-refractivity contribution in [2.24, 2.45) is 0 Å². The third-order valence-electron chi connectivity index (χ3n) is 10.2. The van der Waals surface area contributed by atoms with E-state index in [1.165, 1.54) is 128 Å². The van der Waals surface area contributed by atoms with Crippen LogP contribution >= 0.6 is 75.0 Å². The van der Waals surface area contributed by atoms with E-state index in [-0.39, 0.29) is 62.0 Å². The van der Waals surface area contributed by atoms with Crippen LogP contribution in [0, 0.1) is 0 Å². The quantitative estimate of drug-likeness (QED) is 0.0343. The smallest absolute Gasteiger partial charge is 0.307 e. The number of aliphatic hydroxyl groups excluding tert-OH is 2. The predicted molar refractivity (Wildman–Crippen MR) is 273 cm³/mol. The van der Waals surface area contributed by atoms with Gasteiger partial charge in [-0.3, -0.25) is 14.5 Å². The minimum Gasteiger partial charge on any atom is -0.461 e. The average molecular weight is 984 g/mol. The number of aliphatic hydroxyl groups is 2. The highest BCUT2D eigenvalue weighted by atomic mass is 33.5. The van der Waals surface area contributed by atoms with Gasteiger partial charge in [0.15, 0.2) is 0 Å². The molecule has 0 heterocycles. The Morgan fingerprint density at radius 2 is 0.867 bits per heavy atom. The van der Waals surface area contributed by atoms with Gasteiger partial charge in [-0.15, -0.1) is 0 Å². The summed E-state index contributed by atoms with van der Waals surface area (Å²) in [5.74, 6) is 3.04. The molecule has 2 atom stereocenters. The van der Waals surface area contributed by atoms with E-state index < -0.39 is 6.10 Å². The van der Waals surface area contributed by atoms with Gasteiger partial charge in [0.05, 0.1) is 31.8 Å². The monoisotopic (exact) mass is 982 g/mol. The highest BCUT2D eigenvalue weighted by Gasteiger charge is 2.19. The Kier molecular flexibility index (Phi) is 50.5. The van der Waals surface area contributed by atoms with Crippen molar-refractivity contribution in [3.05, 3.63) is 0 Å². The Labute approximate surface area is 395 Å². The van der Waals surface area contributed by atoms with Crippen molar-refractivity contribution in [2.45, 2.75) is 187 Å². The minimum absolute atomic E-state index is 0.0159. The fraction of sp³-hybridized carbons (Fsp3) is 0.955. The highest BCUT2D eigenvalue weighted by molar-refractivity contribution is 9.09. The number of rotatable bonds is 49. The van der Waals surface area contributed by atoms with Gasteiger partial charge in [-0.05, 0) is 58.4 Å². The third-order valence-corrected chi connectivity index (χ3v) is 19.5. The molecular formula is C44H87FN2O6S7. The number of unbranched alkanes of at least 4 members (excludes halogenated alkanes) is 18. The number of ether oxygens (including phenoxy) is 2. The molecule has 358 valence electrons. The van der Waals surface area contributed by atoms with Gasteiger partial charge in [-0.1, -0.05) is 180 Å². The summed E-state index contributed by atoms with van der Waals surface area (Å²) in [7, 11) is 10.6. The summed E-state index contributed by atoms with van der Waals surface area (Å²) >= 11 is 0.203. The van der Waals surface area contributed by atoms with Crippen LogP contribution in [0.5, 0.6) is 0 Å². The van der Waals surface area contributed by atoms with Crippen LogP contribution in [0.25, 0.3) is 0 Å². The molecule has 0 amide bonds. The normalized spacial score (nSPS) is 12.7. The van der Waals surface area contributed by atoms with E-state index in [0.717, 1.165) is 30.1 Å². The van der Waals surface area contributed by atoms with Gasteiger partial charge in [0.1, 0.15) is 12.2 Å². The molecule has 0 rings (SSSR count). The number of halogens is 1. The number of hydrogen-bond donors (Lipinski definition) is 2. The molecule has 0 spiro atoms. The van der Waals surface area contributed by atoms with E-state index in [0.29, 0.717) is 45.0 Å². The van der Waals surface area contributed by atoms with Crippen molar-refractivity contribution in [1.29, 1.82) is 0 Å². The maximum atomic E-state index is 13.3. The molecule has 0 saturated carbocycles. The third kappa shape index (κ3) is 43.1. The van der Waals surface area contributed by atoms with Crippen LogP contribution in [-0.4, -0.2) is 125 Å². The van der Waals surface area contributed by atoms with Crippen LogP contribution in [0.15, 0.2) is 0 Å². The molecule has 0 aromatic rings. The first kappa shape index (κ1) is 61.2. The summed E-state index contributed by atoms with van der Waals surface area (Å²) in [6, 6.07) is 0. The van der Waals surface area contributed by atoms with Crippen molar-refractivity contribution >= 4 is 86.9 Å². The number of esters is 2. The second-order valence-electron chi connectivity index (χ2n) is 15.6. The fourth-order valence-electron chi connectivity index (χ4n) is 6.52. The Balaban J connectivity index is 4.58. The lowest BCUT2D eigenvalue weighted by molar-refractivity contribution is -0.148. The van der Waals surface area contributed by atoms with Crippen LogP contribution in [0.3, 0.4) is 0 Å². The van der Waals surface area contributed by atoms with E-state index >= 15 is 0 Å². The molecule has 0 aliphatic rings. The van der Waals surface area contributed by atoms with E-state index in [2.05, 4.69) is 18.7 Å². The molecule has 0 aromatic carbocycles. The molecule has 0 aromatic heterocycles. The molecule has 0 saturated heterocycles. The maximum absolute atomic E-state index is 13.3. The van der Waals surface area contributed by atoms with Crippen molar-refractivity contribution in [3.8, 4) is 0 Å². The fourth-order valence-corrected chi connectivity index (χ4v) is 15.0. The van der Waals surface area contributed by atoms with Gasteiger partial charge in [-0.2, -0.15) is 3.89 Å². The van der Waals surface area contributed by atoms with Crippen molar-refractivity contribution in [2.75, 3.05) is 81.2 Å². The first-order chi connectivity index (χ1) is 29.4. The molecule has 0 aliphatic heterocycles. The summed E-state index contributed by atoms with van der Waals surface area (Å²) in [6.45, 7) is 9.75. The zero-order chi connectivity index (χ0) is 44.0. The molecule has 0 fully saturated rings. The Bertz CT molecular complexity index is 921. The van der Waals surface area contributed by atoms with Gasteiger partial charge in [-0.25, -0.2) is 0 Å². The zero-order valence-electron chi connectivity index (χ0n) is 38.0. The molecule has 60 heavy (non-hydrogen) atoms. The molecule has 0 radical (unpaired) electrons. The summed E-state index contributed by atoms with van der Waals surface area (Å²) in [5.41, 5.74) is 0. The van der Waals surface area contributed by atoms with Gasteiger partial charge < -0.3 is 24.6 Å². The van der Waals surface area contributed by atoms with Gasteiger partial charge in [0.25, 0.3) is 0 Å². The van der Waals surface area contributed by atoms with Crippen LogP contribution in [0.4, 0.5) is 3.89 Å².